The lowest BCUT2D eigenvalue weighted by atomic mass is 10.1. The third-order valence-electron chi connectivity index (χ3n) is 3.94. The number of ether oxygens (including phenoxy) is 2. The van der Waals surface area contributed by atoms with Gasteiger partial charge in [0.25, 0.3) is 5.91 Å². The van der Waals surface area contributed by atoms with E-state index < -0.39 is 5.97 Å². The Hall–Kier alpha value is -3.61. The summed E-state index contributed by atoms with van der Waals surface area (Å²) < 4.78 is 11.6. The molecule has 2 aromatic carbocycles. The number of nitrogens with one attached hydrogen (secondary N) is 1. The average Bonchev–Trinajstić information content (AvgIpc) is 3.14. The van der Waals surface area contributed by atoms with E-state index in [1.165, 1.54) is 7.11 Å². The molecule has 7 heteroatoms. The molecule has 1 heterocycles. The summed E-state index contributed by atoms with van der Waals surface area (Å²) in [5.41, 5.74) is 2.44. The van der Waals surface area contributed by atoms with E-state index in [9.17, 15) is 9.59 Å². The lowest BCUT2D eigenvalue weighted by Crippen LogP contribution is -2.12. The third kappa shape index (κ3) is 4.52. The monoisotopic (exact) mass is 365 g/mol. The summed E-state index contributed by atoms with van der Waals surface area (Å²) in [5.74, 6) is 0.0525. The molecular weight excluding hydrogens is 346 g/mol. The van der Waals surface area contributed by atoms with E-state index in [0.29, 0.717) is 23.4 Å². The van der Waals surface area contributed by atoms with Crippen molar-refractivity contribution in [2.75, 3.05) is 19.5 Å². The van der Waals surface area contributed by atoms with Gasteiger partial charge in [0, 0.05) is 11.8 Å². The SMILES string of the molecule is COC(=O)c1ccc(C(=O)Nc2cnn(Cc3cccc(OC)c3)c2)cc1. The third-order valence-corrected chi connectivity index (χ3v) is 3.94. The Labute approximate surface area is 156 Å². The Balaban J connectivity index is 1.64. The normalized spacial score (nSPS) is 10.3. The molecular formula is C20H19N3O4. The summed E-state index contributed by atoms with van der Waals surface area (Å²) in [5, 5.41) is 7.05. The number of hydrogen-bond acceptors (Lipinski definition) is 5. The molecule has 7 nitrogen and oxygen atoms in total. The van der Waals surface area contributed by atoms with E-state index in [2.05, 4.69) is 15.2 Å². The van der Waals surface area contributed by atoms with Gasteiger partial charge in [-0.3, -0.25) is 9.48 Å². The van der Waals surface area contributed by atoms with Crippen LogP contribution < -0.4 is 10.1 Å². The highest BCUT2D eigenvalue weighted by atomic mass is 16.5. The fraction of sp³-hybridized carbons (Fsp3) is 0.150. The summed E-state index contributed by atoms with van der Waals surface area (Å²) in [6, 6.07) is 13.9. The quantitative estimate of drug-likeness (QED) is 0.679. The zero-order valence-electron chi connectivity index (χ0n) is 15.0. The van der Waals surface area contributed by atoms with Gasteiger partial charge in [0.2, 0.25) is 0 Å². The molecule has 3 rings (SSSR count). The number of nitrogens with zero attached hydrogens (tertiary/aromatic N) is 2. The Morgan fingerprint density at radius 2 is 1.81 bits per heavy atom. The number of rotatable bonds is 6. The molecule has 0 saturated heterocycles. The number of carbonyl (C=O) groups is 2. The van der Waals surface area contributed by atoms with E-state index >= 15 is 0 Å². The van der Waals surface area contributed by atoms with Gasteiger partial charge in [0.1, 0.15) is 5.75 Å². The van der Waals surface area contributed by atoms with Crippen molar-refractivity contribution in [3.05, 3.63) is 77.6 Å². The molecule has 0 aliphatic rings. The highest BCUT2D eigenvalue weighted by molar-refractivity contribution is 6.04. The van der Waals surface area contributed by atoms with Crippen LogP contribution in [0.4, 0.5) is 5.69 Å². The standard InChI is InChI=1S/C20H19N3O4/c1-26-18-5-3-4-14(10-18)12-23-13-17(11-21-23)22-19(24)15-6-8-16(9-7-15)20(25)27-2/h3-11,13H,12H2,1-2H3,(H,22,24). The van der Waals surface area contributed by atoms with E-state index in [-0.39, 0.29) is 5.91 Å². The minimum Gasteiger partial charge on any atom is -0.497 e. The van der Waals surface area contributed by atoms with Crippen molar-refractivity contribution in [2.24, 2.45) is 0 Å². The number of carbonyl (C=O) groups excluding carboxylic acids is 2. The average molecular weight is 365 g/mol. The fourth-order valence-electron chi connectivity index (χ4n) is 2.55. The summed E-state index contributed by atoms with van der Waals surface area (Å²) in [6.45, 7) is 0.556. The van der Waals surface area contributed by atoms with Crippen LogP contribution in [0.3, 0.4) is 0 Å². The Morgan fingerprint density at radius 3 is 2.52 bits per heavy atom. The summed E-state index contributed by atoms with van der Waals surface area (Å²) >= 11 is 0. The molecule has 1 N–H and O–H groups in total. The largest absolute Gasteiger partial charge is 0.497 e. The van der Waals surface area contributed by atoms with Gasteiger partial charge in [0.15, 0.2) is 0 Å². The zero-order valence-corrected chi connectivity index (χ0v) is 15.0. The first-order chi connectivity index (χ1) is 13.1. The predicted molar refractivity (Wildman–Crippen MR) is 100 cm³/mol. The first-order valence-electron chi connectivity index (χ1n) is 8.24. The molecule has 1 aromatic heterocycles. The van der Waals surface area contributed by atoms with Crippen molar-refractivity contribution in [3.63, 3.8) is 0 Å². The highest BCUT2D eigenvalue weighted by Crippen LogP contribution is 2.15. The molecule has 0 saturated carbocycles. The van der Waals surface area contributed by atoms with E-state index in [1.807, 2.05) is 24.3 Å². The van der Waals surface area contributed by atoms with Crippen molar-refractivity contribution in [3.8, 4) is 5.75 Å². The van der Waals surface area contributed by atoms with Crippen LogP contribution in [0, 0.1) is 0 Å². The van der Waals surface area contributed by atoms with Gasteiger partial charge in [-0.15, -0.1) is 0 Å². The molecule has 0 spiro atoms. The van der Waals surface area contributed by atoms with Crippen LogP contribution in [0.15, 0.2) is 60.9 Å². The van der Waals surface area contributed by atoms with Gasteiger partial charge in [-0.1, -0.05) is 12.1 Å². The van der Waals surface area contributed by atoms with Crippen molar-refractivity contribution in [1.82, 2.24) is 9.78 Å². The Morgan fingerprint density at radius 1 is 1.07 bits per heavy atom. The second kappa shape index (κ2) is 8.18. The first-order valence-corrected chi connectivity index (χ1v) is 8.24. The number of methoxy groups -OCH3 is 2. The second-order valence-corrected chi connectivity index (χ2v) is 5.80. The van der Waals surface area contributed by atoms with E-state index in [0.717, 1.165) is 11.3 Å². The predicted octanol–water partition coefficient (Wildman–Crippen LogP) is 2.98. The Bertz CT molecular complexity index is 948. The van der Waals surface area contributed by atoms with Crippen LogP contribution in [0.5, 0.6) is 5.75 Å². The van der Waals surface area contributed by atoms with Gasteiger partial charge < -0.3 is 14.8 Å². The number of hydrogen-bond donors (Lipinski definition) is 1. The molecule has 0 bridgehead atoms. The molecule has 0 fully saturated rings. The van der Waals surface area contributed by atoms with Gasteiger partial charge in [-0.25, -0.2) is 4.79 Å². The van der Waals surface area contributed by atoms with Crippen LogP contribution in [0.2, 0.25) is 0 Å². The van der Waals surface area contributed by atoms with E-state index in [1.54, 1.807) is 48.5 Å². The van der Waals surface area contributed by atoms with Crippen LogP contribution >= 0.6 is 0 Å². The molecule has 3 aromatic rings. The molecule has 27 heavy (non-hydrogen) atoms. The first kappa shape index (κ1) is 18.2. The van der Waals surface area contributed by atoms with Crippen LogP contribution in [0.25, 0.3) is 0 Å². The van der Waals surface area contributed by atoms with Gasteiger partial charge in [-0.05, 0) is 42.0 Å². The van der Waals surface area contributed by atoms with Gasteiger partial charge >= 0.3 is 5.97 Å². The second-order valence-electron chi connectivity index (χ2n) is 5.80. The van der Waals surface area contributed by atoms with Crippen LogP contribution in [0.1, 0.15) is 26.3 Å². The van der Waals surface area contributed by atoms with Gasteiger partial charge in [-0.2, -0.15) is 5.10 Å². The summed E-state index contributed by atoms with van der Waals surface area (Å²) in [7, 11) is 2.94. The minimum atomic E-state index is -0.444. The maximum absolute atomic E-state index is 12.3. The summed E-state index contributed by atoms with van der Waals surface area (Å²) in [6.07, 6.45) is 3.33. The Kier molecular flexibility index (Phi) is 5.51. The molecule has 0 atom stereocenters. The van der Waals surface area contributed by atoms with Crippen molar-refractivity contribution in [2.45, 2.75) is 6.54 Å². The van der Waals surface area contributed by atoms with Gasteiger partial charge in [0.05, 0.1) is 38.2 Å². The number of anilines is 1. The van der Waals surface area contributed by atoms with Crippen molar-refractivity contribution >= 4 is 17.6 Å². The lowest BCUT2D eigenvalue weighted by Gasteiger charge is -2.05. The number of amides is 1. The van der Waals surface area contributed by atoms with Crippen molar-refractivity contribution < 1.29 is 19.1 Å². The number of esters is 1. The van der Waals surface area contributed by atoms with E-state index in [4.69, 9.17) is 4.74 Å². The fourth-order valence-corrected chi connectivity index (χ4v) is 2.55. The minimum absolute atomic E-state index is 0.285. The number of aromatic nitrogens is 2. The molecule has 1 amide bonds. The summed E-state index contributed by atoms with van der Waals surface area (Å²) in [4.78, 5) is 23.8. The maximum Gasteiger partial charge on any atom is 0.337 e. The van der Waals surface area contributed by atoms with Crippen LogP contribution in [-0.4, -0.2) is 35.9 Å². The molecule has 0 aliphatic heterocycles. The molecule has 0 unspecified atom stereocenters. The van der Waals surface area contributed by atoms with Crippen LogP contribution in [-0.2, 0) is 11.3 Å². The number of benzene rings is 2. The molecule has 138 valence electrons. The lowest BCUT2D eigenvalue weighted by molar-refractivity contribution is 0.0600. The van der Waals surface area contributed by atoms with Crippen molar-refractivity contribution in [1.29, 1.82) is 0 Å². The topological polar surface area (TPSA) is 82.5 Å². The molecule has 0 aliphatic carbocycles. The zero-order chi connectivity index (χ0) is 19.2. The smallest absolute Gasteiger partial charge is 0.337 e. The maximum atomic E-state index is 12.3. The molecule has 0 radical (unpaired) electrons. The highest BCUT2D eigenvalue weighted by Gasteiger charge is 2.10.